The van der Waals surface area contributed by atoms with Crippen molar-refractivity contribution < 1.29 is 40.1 Å². The maximum atomic E-state index is 9.94. The van der Waals surface area contributed by atoms with Crippen LogP contribution in [-0.2, 0) is 15.9 Å². The third kappa shape index (κ3) is 3.67. The number of phenolic OH excluding ortho intramolecular Hbond substituents is 2. The summed E-state index contributed by atoms with van der Waals surface area (Å²) in [6, 6.07) is 4.32. The van der Waals surface area contributed by atoms with E-state index in [1.54, 1.807) is 6.07 Å². The Morgan fingerprint density at radius 1 is 1.05 bits per heavy atom. The summed E-state index contributed by atoms with van der Waals surface area (Å²) in [5.41, 5.74) is 0.686. The molecule has 22 heavy (non-hydrogen) atoms. The van der Waals surface area contributed by atoms with Gasteiger partial charge in [0.1, 0.15) is 24.4 Å². The predicted octanol–water partition coefficient (Wildman–Crippen LogP) is -1.54. The minimum Gasteiger partial charge on any atom is -0.504 e. The van der Waals surface area contributed by atoms with Crippen LogP contribution in [0.25, 0.3) is 0 Å². The molecule has 1 saturated heterocycles. The highest BCUT2D eigenvalue weighted by molar-refractivity contribution is 5.40. The van der Waals surface area contributed by atoms with Gasteiger partial charge in [-0.25, -0.2) is 0 Å². The number of aliphatic hydroxyl groups excluding tert-OH is 4. The molecule has 1 aliphatic heterocycles. The molecule has 0 saturated carbocycles. The van der Waals surface area contributed by atoms with Gasteiger partial charge in [0.25, 0.3) is 0 Å². The lowest BCUT2D eigenvalue weighted by atomic mass is 9.99. The van der Waals surface area contributed by atoms with Gasteiger partial charge < -0.3 is 40.1 Å². The van der Waals surface area contributed by atoms with Crippen LogP contribution in [-0.4, -0.2) is 74.6 Å². The van der Waals surface area contributed by atoms with Crippen LogP contribution >= 0.6 is 0 Å². The van der Waals surface area contributed by atoms with Gasteiger partial charge in [-0.05, 0) is 24.1 Å². The fourth-order valence-electron chi connectivity index (χ4n) is 2.30. The zero-order chi connectivity index (χ0) is 16.3. The second kappa shape index (κ2) is 7.23. The smallest absolute Gasteiger partial charge is 0.184 e. The molecule has 0 aliphatic carbocycles. The summed E-state index contributed by atoms with van der Waals surface area (Å²) < 4.78 is 10.2. The molecule has 0 amide bonds. The number of aliphatic hydroxyl groups is 4. The van der Waals surface area contributed by atoms with Crippen molar-refractivity contribution in [2.75, 3.05) is 13.2 Å². The Balaban J connectivity index is 1.92. The van der Waals surface area contributed by atoms with Gasteiger partial charge in [0.15, 0.2) is 17.8 Å². The zero-order valence-electron chi connectivity index (χ0n) is 11.7. The Bertz CT molecular complexity index is 494. The van der Waals surface area contributed by atoms with Crippen LogP contribution in [0.4, 0.5) is 0 Å². The van der Waals surface area contributed by atoms with Crippen LogP contribution in [0.5, 0.6) is 11.5 Å². The van der Waals surface area contributed by atoms with E-state index in [1.807, 2.05) is 0 Å². The number of phenols is 2. The average Bonchev–Trinajstić information content (AvgIpc) is 2.50. The van der Waals surface area contributed by atoms with Gasteiger partial charge in [0, 0.05) is 0 Å². The Kier molecular flexibility index (Phi) is 5.57. The van der Waals surface area contributed by atoms with Gasteiger partial charge >= 0.3 is 0 Å². The molecule has 1 heterocycles. The molecule has 5 atom stereocenters. The standard InChI is InChI=1S/C14H20O8/c15-6-10-11(18)13(12(19)14(20)22-10)21-4-3-7-1-2-8(16)9(17)5-7/h1-2,5,10-20H,3-4,6H2/t10-,11-,12-,13+,14+/m1/s1. The highest BCUT2D eigenvalue weighted by Crippen LogP contribution is 2.26. The van der Waals surface area contributed by atoms with Crippen molar-refractivity contribution in [2.45, 2.75) is 37.1 Å². The Hall–Kier alpha value is -1.42. The molecule has 1 aliphatic rings. The fourth-order valence-corrected chi connectivity index (χ4v) is 2.30. The summed E-state index contributed by atoms with van der Waals surface area (Å²) >= 11 is 0. The Morgan fingerprint density at radius 3 is 2.41 bits per heavy atom. The third-order valence-electron chi connectivity index (χ3n) is 3.58. The number of rotatable bonds is 5. The van der Waals surface area contributed by atoms with Crippen molar-refractivity contribution in [3.8, 4) is 11.5 Å². The topological polar surface area (TPSA) is 140 Å². The molecule has 8 nitrogen and oxygen atoms in total. The molecule has 1 fully saturated rings. The Labute approximate surface area is 126 Å². The number of aromatic hydroxyl groups is 2. The number of ether oxygens (including phenoxy) is 2. The molecule has 1 aromatic carbocycles. The van der Waals surface area contributed by atoms with Gasteiger partial charge in [-0.1, -0.05) is 6.07 Å². The Morgan fingerprint density at radius 2 is 1.77 bits per heavy atom. The molecule has 0 unspecified atom stereocenters. The van der Waals surface area contributed by atoms with Gasteiger partial charge in [-0.15, -0.1) is 0 Å². The second-order valence-electron chi connectivity index (χ2n) is 5.14. The van der Waals surface area contributed by atoms with Gasteiger partial charge in [-0.2, -0.15) is 0 Å². The van der Waals surface area contributed by atoms with Crippen LogP contribution in [0.1, 0.15) is 5.56 Å². The highest BCUT2D eigenvalue weighted by Gasteiger charge is 2.44. The summed E-state index contributed by atoms with van der Waals surface area (Å²) in [4.78, 5) is 0. The predicted molar refractivity (Wildman–Crippen MR) is 73.2 cm³/mol. The molecule has 8 heteroatoms. The molecule has 2 rings (SSSR count). The lowest BCUT2D eigenvalue weighted by Crippen LogP contribution is -2.59. The summed E-state index contributed by atoms with van der Waals surface area (Å²) in [7, 11) is 0. The summed E-state index contributed by atoms with van der Waals surface area (Å²) in [6.07, 6.45) is -6.07. The molecular formula is C14H20O8. The third-order valence-corrected chi connectivity index (χ3v) is 3.58. The first-order chi connectivity index (χ1) is 10.4. The maximum Gasteiger partial charge on any atom is 0.184 e. The monoisotopic (exact) mass is 316 g/mol. The SMILES string of the molecule is OC[C@H]1O[C@H](O)[C@H](O)[C@@H](OCCc2ccc(O)c(O)c2)[C@@H]1O. The molecule has 6 N–H and O–H groups in total. The molecule has 124 valence electrons. The van der Waals surface area contributed by atoms with Crippen LogP contribution in [0, 0.1) is 0 Å². The van der Waals surface area contributed by atoms with Crippen molar-refractivity contribution in [2.24, 2.45) is 0 Å². The van der Waals surface area contributed by atoms with Crippen LogP contribution in [0.2, 0.25) is 0 Å². The first kappa shape index (κ1) is 16.9. The number of benzene rings is 1. The summed E-state index contributed by atoms with van der Waals surface area (Å²) in [6.45, 7) is -0.426. The fraction of sp³-hybridized carbons (Fsp3) is 0.571. The average molecular weight is 316 g/mol. The normalized spacial score (nSPS) is 32.1. The molecule has 1 aromatic rings. The van der Waals surface area contributed by atoms with E-state index in [4.69, 9.17) is 14.6 Å². The van der Waals surface area contributed by atoms with Crippen molar-refractivity contribution in [3.63, 3.8) is 0 Å². The van der Waals surface area contributed by atoms with Crippen molar-refractivity contribution in [1.82, 2.24) is 0 Å². The van der Waals surface area contributed by atoms with E-state index in [0.717, 1.165) is 0 Å². The van der Waals surface area contributed by atoms with Crippen molar-refractivity contribution in [3.05, 3.63) is 23.8 Å². The number of hydrogen-bond donors (Lipinski definition) is 6. The highest BCUT2D eigenvalue weighted by atomic mass is 16.6. The van der Waals surface area contributed by atoms with Crippen molar-refractivity contribution >= 4 is 0 Å². The quantitative estimate of drug-likeness (QED) is 0.359. The zero-order valence-corrected chi connectivity index (χ0v) is 11.7. The van der Waals surface area contributed by atoms with Gasteiger partial charge in [0.2, 0.25) is 0 Å². The minimum atomic E-state index is -1.55. The molecule has 0 bridgehead atoms. The first-order valence-corrected chi connectivity index (χ1v) is 6.87. The maximum absolute atomic E-state index is 9.94. The molecule has 0 radical (unpaired) electrons. The lowest BCUT2D eigenvalue weighted by molar-refractivity contribution is -0.294. The molecule has 0 spiro atoms. The minimum absolute atomic E-state index is 0.0911. The van der Waals surface area contributed by atoms with E-state index in [0.29, 0.717) is 12.0 Å². The van der Waals surface area contributed by atoms with Crippen LogP contribution in [0.3, 0.4) is 0 Å². The van der Waals surface area contributed by atoms with Crippen molar-refractivity contribution in [1.29, 1.82) is 0 Å². The summed E-state index contributed by atoms with van der Waals surface area (Å²) in [5, 5.41) is 56.9. The van der Waals surface area contributed by atoms with E-state index in [9.17, 15) is 25.5 Å². The largest absolute Gasteiger partial charge is 0.504 e. The van der Waals surface area contributed by atoms with E-state index in [1.165, 1.54) is 12.1 Å². The molecular weight excluding hydrogens is 296 g/mol. The summed E-state index contributed by atoms with van der Waals surface area (Å²) in [5.74, 6) is -0.478. The van der Waals surface area contributed by atoms with E-state index >= 15 is 0 Å². The number of hydrogen-bond acceptors (Lipinski definition) is 8. The van der Waals surface area contributed by atoms with Crippen LogP contribution in [0.15, 0.2) is 18.2 Å². The van der Waals surface area contributed by atoms with Gasteiger partial charge in [0.05, 0.1) is 13.2 Å². The van der Waals surface area contributed by atoms with E-state index in [-0.39, 0.29) is 18.1 Å². The van der Waals surface area contributed by atoms with E-state index < -0.39 is 37.3 Å². The lowest BCUT2D eigenvalue weighted by Gasteiger charge is -2.39. The first-order valence-electron chi connectivity index (χ1n) is 6.87. The van der Waals surface area contributed by atoms with Crippen LogP contribution < -0.4 is 0 Å². The molecule has 0 aromatic heterocycles. The van der Waals surface area contributed by atoms with Gasteiger partial charge in [-0.3, -0.25) is 0 Å². The van der Waals surface area contributed by atoms with E-state index in [2.05, 4.69) is 0 Å². The second-order valence-corrected chi connectivity index (χ2v) is 5.14.